The Morgan fingerprint density at radius 3 is 2.85 bits per heavy atom. The molecular weight excluding hydrogens is 276 g/mol. The van der Waals surface area contributed by atoms with E-state index in [9.17, 15) is 9.59 Å². The van der Waals surface area contributed by atoms with E-state index in [2.05, 4.69) is 5.32 Å². The Kier molecular flexibility index (Phi) is 4.65. The van der Waals surface area contributed by atoms with Crippen LogP contribution < -0.4 is 5.32 Å². The summed E-state index contributed by atoms with van der Waals surface area (Å²) in [5.41, 5.74) is 1.01. The van der Waals surface area contributed by atoms with E-state index < -0.39 is 0 Å². The zero-order valence-corrected chi connectivity index (χ0v) is 12.5. The largest absolute Gasteiger partial charge is 0.355 e. The molecule has 2 amide bonds. The molecule has 1 aliphatic heterocycles. The third kappa shape index (κ3) is 3.31. The Morgan fingerprint density at radius 1 is 1.50 bits per heavy atom. The van der Waals surface area contributed by atoms with Gasteiger partial charge in [-0.3, -0.25) is 9.59 Å². The first-order chi connectivity index (χ1) is 9.49. The predicted molar refractivity (Wildman–Crippen MR) is 78.4 cm³/mol. The molecule has 2 unspecified atom stereocenters. The fourth-order valence-corrected chi connectivity index (χ4v) is 2.61. The summed E-state index contributed by atoms with van der Waals surface area (Å²) in [6.07, 6.45) is 1.05. The molecule has 0 aliphatic carbocycles. The number of piperidine rings is 1. The molecule has 0 bridgehead atoms. The molecule has 0 aromatic heterocycles. The van der Waals surface area contributed by atoms with Crippen molar-refractivity contribution in [2.45, 2.75) is 25.8 Å². The summed E-state index contributed by atoms with van der Waals surface area (Å²) in [6.45, 7) is 2.41. The molecule has 108 valence electrons. The van der Waals surface area contributed by atoms with Crippen molar-refractivity contribution >= 4 is 23.4 Å². The third-order valence-electron chi connectivity index (χ3n) is 3.87. The Morgan fingerprint density at radius 2 is 2.25 bits per heavy atom. The van der Waals surface area contributed by atoms with Crippen LogP contribution in [0, 0.1) is 5.92 Å². The number of nitrogens with one attached hydrogen (secondary N) is 1. The smallest absolute Gasteiger partial charge is 0.227 e. The molecule has 2 atom stereocenters. The first-order valence-electron chi connectivity index (χ1n) is 6.78. The summed E-state index contributed by atoms with van der Waals surface area (Å²) in [6, 6.07) is 7.49. The lowest BCUT2D eigenvalue weighted by Crippen LogP contribution is -2.44. The summed E-state index contributed by atoms with van der Waals surface area (Å²) >= 11 is 5.99. The average molecular weight is 295 g/mol. The van der Waals surface area contributed by atoms with E-state index in [1.165, 1.54) is 0 Å². The van der Waals surface area contributed by atoms with Crippen LogP contribution in [0.5, 0.6) is 0 Å². The lowest BCUT2D eigenvalue weighted by atomic mass is 9.96. The number of carbonyl (C=O) groups excluding carboxylic acids is 2. The number of benzene rings is 1. The highest BCUT2D eigenvalue weighted by atomic mass is 35.5. The van der Waals surface area contributed by atoms with Gasteiger partial charge in [-0.1, -0.05) is 23.7 Å². The Hall–Kier alpha value is -1.55. The minimum Gasteiger partial charge on any atom is -0.355 e. The number of amides is 2. The average Bonchev–Trinajstić information content (AvgIpc) is 2.46. The second kappa shape index (κ2) is 6.27. The van der Waals surface area contributed by atoms with E-state index in [-0.39, 0.29) is 23.8 Å². The Bertz CT molecular complexity index is 508. The van der Waals surface area contributed by atoms with Crippen LogP contribution in [0.4, 0.5) is 0 Å². The molecule has 1 saturated heterocycles. The molecule has 4 nitrogen and oxygen atoms in total. The van der Waals surface area contributed by atoms with Crippen LogP contribution in [0.2, 0.25) is 5.02 Å². The summed E-state index contributed by atoms with van der Waals surface area (Å²) in [4.78, 5) is 25.3. The summed E-state index contributed by atoms with van der Waals surface area (Å²) in [7, 11) is 1.80. The topological polar surface area (TPSA) is 49.4 Å². The molecule has 5 heteroatoms. The van der Waals surface area contributed by atoms with Gasteiger partial charge in [-0.25, -0.2) is 0 Å². The summed E-state index contributed by atoms with van der Waals surface area (Å²) in [5, 5.41) is 3.41. The van der Waals surface area contributed by atoms with Crippen LogP contribution in [-0.4, -0.2) is 30.3 Å². The highest BCUT2D eigenvalue weighted by molar-refractivity contribution is 6.30. The van der Waals surface area contributed by atoms with Crippen molar-refractivity contribution in [3.8, 4) is 0 Å². The van der Waals surface area contributed by atoms with E-state index in [0.717, 1.165) is 5.56 Å². The number of hydrogen-bond donors (Lipinski definition) is 1. The van der Waals surface area contributed by atoms with Gasteiger partial charge in [0, 0.05) is 25.0 Å². The minimum atomic E-state index is -0.126. The second-order valence-corrected chi connectivity index (χ2v) is 5.66. The number of carbonyl (C=O) groups is 2. The van der Waals surface area contributed by atoms with Crippen molar-refractivity contribution in [1.82, 2.24) is 10.2 Å². The van der Waals surface area contributed by atoms with Crippen LogP contribution >= 0.6 is 11.6 Å². The summed E-state index contributed by atoms with van der Waals surface area (Å²) < 4.78 is 0. The fraction of sp³-hybridized carbons (Fsp3) is 0.467. The van der Waals surface area contributed by atoms with Gasteiger partial charge in [-0.15, -0.1) is 0 Å². The lowest BCUT2D eigenvalue weighted by molar-refractivity contribution is -0.138. The predicted octanol–water partition coefficient (Wildman–Crippen LogP) is 2.39. The zero-order chi connectivity index (χ0) is 14.7. The number of hydrogen-bond acceptors (Lipinski definition) is 2. The monoisotopic (exact) mass is 294 g/mol. The zero-order valence-electron chi connectivity index (χ0n) is 11.7. The number of halogens is 1. The van der Waals surface area contributed by atoms with E-state index in [1.807, 2.05) is 31.2 Å². The highest BCUT2D eigenvalue weighted by Crippen LogP contribution is 2.24. The lowest BCUT2D eigenvalue weighted by Gasteiger charge is -2.31. The molecule has 0 spiro atoms. The van der Waals surface area contributed by atoms with E-state index >= 15 is 0 Å². The van der Waals surface area contributed by atoms with Gasteiger partial charge in [0.15, 0.2) is 0 Å². The van der Waals surface area contributed by atoms with E-state index in [4.69, 9.17) is 11.6 Å². The molecule has 1 aromatic rings. The van der Waals surface area contributed by atoms with Crippen LogP contribution in [0.15, 0.2) is 24.3 Å². The maximum Gasteiger partial charge on any atom is 0.227 e. The molecule has 1 N–H and O–H groups in total. The van der Waals surface area contributed by atoms with Crippen molar-refractivity contribution in [1.29, 1.82) is 0 Å². The molecule has 1 aromatic carbocycles. The molecule has 2 rings (SSSR count). The van der Waals surface area contributed by atoms with Crippen LogP contribution in [-0.2, 0) is 9.59 Å². The molecular formula is C15H19ClN2O2. The van der Waals surface area contributed by atoms with Gasteiger partial charge < -0.3 is 10.2 Å². The quantitative estimate of drug-likeness (QED) is 0.930. The molecule has 1 fully saturated rings. The fourth-order valence-electron chi connectivity index (χ4n) is 2.41. The van der Waals surface area contributed by atoms with Gasteiger partial charge >= 0.3 is 0 Å². The Balaban J connectivity index is 2.04. The van der Waals surface area contributed by atoms with Gasteiger partial charge in [0.25, 0.3) is 0 Å². The summed E-state index contributed by atoms with van der Waals surface area (Å²) in [5.74, 6) is -0.0311. The van der Waals surface area contributed by atoms with Gasteiger partial charge in [0.05, 0.1) is 12.0 Å². The maximum atomic E-state index is 12.4. The SMILES string of the molecule is CC(c1cccc(Cl)c1)N(C)C(=O)C1CCC(=O)NC1. The van der Waals surface area contributed by atoms with Crippen molar-refractivity contribution in [3.63, 3.8) is 0 Å². The highest BCUT2D eigenvalue weighted by Gasteiger charge is 2.29. The number of nitrogens with zero attached hydrogens (tertiary/aromatic N) is 1. The molecule has 20 heavy (non-hydrogen) atoms. The van der Waals surface area contributed by atoms with Gasteiger partial charge in [-0.05, 0) is 31.0 Å². The Labute approximate surface area is 124 Å². The van der Waals surface area contributed by atoms with Crippen LogP contribution in [0.1, 0.15) is 31.4 Å². The third-order valence-corrected chi connectivity index (χ3v) is 4.11. The van der Waals surface area contributed by atoms with Crippen molar-refractivity contribution < 1.29 is 9.59 Å². The van der Waals surface area contributed by atoms with Gasteiger partial charge in [0.1, 0.15) is 0 Å². The first-order valence-corrected chi connectivity index (χ1v) is 7.15. The maximum absolute atomic E-state index is 12.4. The van der Waals surface area contributed by atoms with Crippen LogP contribution in [0.25, 0.3) is 0 Å². The van der Waals surface area contributed by atoms with Crippen molar-refractivity contribution in [2.24, 2.45) is 5.92 Å². The van der Waals surface area contributed by atoms with Crippen molar-refractivity contribution in [2.75, 3.05) is 13.6 Å². The van der Waals surface area contributed by atoms with E-state index in [0.29, 0.717) is 24.4 Å². The van der Waals surface area contributed by atoms with Gasteiger partial charge in [0.2, 0.25) is 11.8 Å². The second-order valence-electron chi connectivity index (χ2n) is 5.22. The number of rotatable bonds is 3. The normalized spacial score (nSPS) is 20.1. The first kappa shape index (κ1) is 14.9. The molecule has 0 saturated carbocycles. The molecule has 0 radical (unpaired) electrons. The molecule has 1 aliphatic rings. The molecule has 1 heterocycles. The van der Waals surface area contributed by atoms with E-state index in [1.54, 1.807) is 11.9 Å². The van der Waals surface area contributed by atoms with Gasteiger partial charge in [-0.2, -0.15) is 0 Å². The van der Waals surface area contributed by atoms with Crippen molar-refractivity contribution in [3.05, 3.63) is 34.9 Å². The van der Waals surface area contributed by atoms with Crippen LogP contribution in [0.3, 0.4) is 0 Å². The minimum absolute atomic E-state index is 0.0274. The standard InChI is InChI=1S/C15H19ClN2O2/c1-10(11-4-3-5-13(16)8-11)18(2)15(20)12-6-7-14(19)17-9-12/h3-5,8,10,12H,6-7,9H2,1-2H3,(H,17,19).